The molecule has 1 aliphatic heterocycles. The second kappa shape index (κ2) is 7.16. The van der Waals surface area contributed by atoms with E-state index >= 15 is 0 Å². The molecule has 1 atom stereocenters. The Kier molecular flexibility index (Phi) is 4.68. The van der Waals surface area contributed by atoms with Crippen molar-refractivity contribution in [3.05, 3.63) is 74.0 Å². The number of carbonyl (C=O) groups excluding carboxylic acids is 2. The van der Waals surface area contributed by atoms with E-state index in [1.54, 1.807) is 12.2 Å². The lowest BCUT2D eigenvalue weighted by atomic mass is 9.77. The van der Waals surface area contributed by atoms with Gasteiger partial charge in [-0.15, -0.1) is 0 Å². The SMILES string of the molecule is O=C1NC2=CC(=NC(=O)c3cc(Cl)ccc3[N+](=O)[O-])C=CC2C2=C1CCCC2. The number of carbonyl (C=O) groups is 2. The first-order valence-electron chi connectivity index (χ1n) is 8.94. The molecule has 0 saturated heterocycles. The molecule has 8 heteroatoms. The van der Waals surface area contributed by atoms with Gasteiger partial charge in [0.1, 0.15) is 5.56 Å². The molecule has 1 aromatic carbocycles. The number of fused-ring (bicyclic) bond motifs is 2. The summed E-state index contributed by atoms with van der Waals surface area (Å²) in [6, 6.07) is 3.76. The molecule has 0 radical (unpaired) electrons. The molecular weight excluding hydrogens is 382 g/mol. The van der Waals surface area contributed by atoms with Crippen LogP contribution in [0.25, 0.3) is 0 Å². The number of hydrogen-bond donors (Lipinski definition) is 1. The van der Waals surface area contributed by atoms with Gasteiger partial charge in [0.2, 0.25) is 0 Å². The van der Waals surface area contributed by atoms with Crippen molar-refractivity contribution in [3.8, 4) is 0 Å². The lowest BCUT2D eigenvalue weighted by molar-refractivity contribution is -0.385. The highest BCUT2D eigenvalue weighted by atomic mass is 35.5. The highest BCUT2D eigenvalue weighted by Gasteiger charge is 2.33. The van der Waals surface area contributed by atoms with Crippen LogP contribution in [0, 0.1) is 16.0 Å². The summed E-state index contributed by atoms with van der Waals surface area (Å²) in [5.74, 6) is -0.866. The number of nitro groups is 1. The van der Waals surface area contributed by atoms with Crippen LogP contribution >= 0.6 is 11.6 Å². The summed E-state index contributed by atoms with van der Waals surface area (Å²) in [6.45, 7) is 0. The number of benzene rings is 1. The molecule has 0 spiro atoms. The van der Waals surface area contributed by atoms with Gasteiger partial charge < -0.3 is 5.32 Å². The summed E-state index contributed by atoms with van der Waals surface area (Å²) in [6.07, 6.45) is 9.01. The number of aliphatic imine (C=N–C) groups is 1. The Morgan fingerprint density at radius 1 is 1.29 bits per heavy atom. The molecule has 142 valence electrons. The van der Waals surface area contributed by atoms with Gasteiger partial charge in [0, 0.05) is 28.3 Å². The van der Waals surface area contributed by atoms with Gasteiger partial charge in [-0.1, -0.05) is 17.7 Å². The summed E-state index contributed by atoms with van der Waals surface area (Å²) in [7, 11) is 0. The van der Waals surface area contributed by atoms with Crippen LogP contribution in [0.2, 0.25) is 5.02 Å². The molecule has 2 amide bonds. The molecule has 1 heterocycles. The minimum absolute atomic E-state index is 0.0115. The van der Waals surface area contributed by atoms with Crippen molar-refractivity contribution < 1.29 is 14.5 Å². The average molecular weight is 398 g/mol. The summed E-state index contributed by atoms with van der Waals surface area (Å²) >= 11 is 5.88. The molecule has 0 bridgehead atoms. The van der Waals surface area contributed by atoms with Crippen LogP contribution in [0.5, 0.6) is 0 Å². The monoisotopic (exact) mass is 397 g/mol. The molecule has 1 N–H and O–H groups in total. The van der Waals surface area contributed by atoms with Gasteiger partial charge in [-0.3, -0.25) is 19.7 Å². The van der Waals surface area contributed by atoms with Gasteiger partial charge in [-0.05, 0) is 55.5 Å². The third-order valence-electron chi connectivity index (χ3n) is 5.13. The van der Waals surface area contributed by atoms with Crippen LogP contribution in [-0.2, 0) is 4.79 Å². The van der Waals surface area contributed by atoms with Crippen molar-refractivity contribution >= 4 is 34.8 Å². The summed E-state index contributed by atoms with van der Waals surface area (Å²) in [5.41, 5.74) is 2.47. The average Bonchev–Trinajstić information content (AvgIpc) is 2.67. The van der Waals surface area contributed by atoms with E-state index in [9.17, 15) is 19.7 Å². The Hall–Kier alpha value is -3.06. The second-order valence-corrected chi connectivity index (χ2v) is 7.30. The summed E-state index contributed by atoms with van der Waals surface area (Å²) in [5, 5.41) is 14.3. The van der Waals surface area contributed by atoms with Crippen LogP contribution in [0.15, 0.2) is 58.3 Å². The molecule has 0 fully saturated rings. The van der Waals surface area contributed by atoms with E-state index in [2.05, 4.69) is 10.3 Å². The lowest BCUT2D eigenvalue weighted by Crippen LogP contribution is -2.37. The number of nitro benzene ring substituents is 1. The quantitative estimate of drug-likeness (QED) is 0.603. The van der Waals surface area contributed by atoms with E-state index < -0.39 is 10.8 Å². The number of amides is 2. The van der Waals surface area contributed by atoms with E-state index in [-0.39, 0.29) is 28.1 Å². The molecule has 28 heavy (non-hydrogen) atoms. The van der Waals surface area contributed by atoms with Gasteiger partial charge in [0.25, 0.3) is 17.5 Å². The van der Waals surface area contributed by atoms with E-state index in [0.29, 0.717) is 11.4 Å². The van der Waals surface area contributed by atoms with Crippen molar-refractivity contribution in [2.75, 3.05) is 0 Å². The van der Waals surface area contributed by atoms with Gasteiger partial charge in [0.05, 0.1) is 10.6 Å². The summed E-state index contributed by atoms with van der Waals surface area (Å²) < 4.78 is 0. The van der Waals surface area contributed by atoms with Crippen molar-refractivity contribution in [2.24, 2.45) is 10.9 Å². The van der Waals surface area contributed by atoms with Gasteiger partial charge >= 0.3 is 0 Å². The second-order valence-electron chi connectivity index (χ2n) is 6.86. The highest BCUT2D eigenvalue weighted by molar-refractivity contribution is 6.31. The Bertz CT molecular complexity index is 1040. The fourth-order valence-electron chi connectivity index (χ4n) is 3.84. The van der Waals surface area contributed by atoms with Crippen molar-refractivity contribution in [2.45, 2.75) is 25.7 Å². The topological polar surface area (TPSA) is 102 Å². The van der Waals surface area contributed by atoms with E-state index in [1.807, 2.05) is 6.08 Å². The smallest absolute Gasteiger partial charge is 0.284 e. The number of nitrogens with zero attached hydrogens (tertiary/aromatic N) is 2. The molecule has 7 nitrogen and oxygen atoms in total. The van der Waals surface area contributed by atoms with Crippen molar-refractivity contribution in [1.82, 2.24) is 5.32 Å². The first-order valence-corrected chi connectivity index (χ1v) is 9.32. The van der Waals surface area contributed by atoms with E-state index in [1.165, 1.54) is 18.2 Å². The number of hydrogen-bond acceptors (Lipinski definition) is 4. The van der Waals surface area contributed by atoms with E-state index in [4.69, 9.17) is 11.6 Å². The van der Waals surface area contributed by atoms with Crippen LogP contribution in [0.4, 0.5) is 5.69 Å². The Morgan fingerprint density at radius 3 is 2.86 bits per heavy atom. The molecule has 0 saturated carbocycles. The highest BCUT2D eigenvalue weighted by Crippen LogP contribution is 2.38. The van der Waals surface area contributed by atoms with Crippen LogP contribution < -0.4 is 5.32 Å². The molecule has 2 aliphatic carbocycles. The minimum Gasteiger partial charge on any atom is -0.325 e. The zero-order valence-electron chi connectivity index (χ0n) is 14.8. The predicted octanol–water partition coefficient (Wildman–Crippen LogP) is 3.90. The zero-order valence-corrected chi connectivity index (χ0v) is 15.5. The maximum absolute atomic E-state index is 12.5. The largest absolute Gasteiger partial charge is 0.325 e. The van der Waals surface area contributed by atoms with Crippen LogP contribution in [0.1, 0.15) is 36.0 Å². The molecule has 3 aliphatic rings. The number of allylic oxidation sites excluding steroid dienone is 3. The minimum atomic E-state index is -0.760. The van der Waals surface area contributed by atoms with Crippen LogP contribution in [-0.4, -0.2) is 22.4 Å². The van der Waals surface area contributed by atoms with Gasteiger partial charge in [-0.25, -0.2) is 4.99 Å². The fourth-order valence-corrected chi connectivity index (χ4v) is 4.01. The summed E-state index contributed by atoms with van der Waals surface area (Å²) in [4.78, 5) is 39.4. The molecular formula is C20H16ClN3O4. The normalized spacial score (nSPS) is 22.3. The number of nitrogens with one attached hydrogen (secondary N) is 1. The molecule has 1 aromatic rings. The number of halogens is 1. The fraction of sp³-hybridized carbons (Fsp3) is 0.250. The lowest BCUT2D eigenvalue weighted by Gasteiger charge is -2.33. The molecule has 4 rings (SSSR count). The number of rotatable bonds is 2. The Labute approximate surface area is 165 Å². The van der Waals surface area contributed by atoms with Gasteiger partial charge in [0.15, 0.2) is 0 Å². The predicted molar refractivity (Wildman–Crippen MR) is 104 cm³/mol. The Morgan fingerprint density at radius 2 is 2.07 bits per heavy atom. The maximum atomic E-state index is 12.5. The zero-order chi connectivity index (χ0) is 19.8. The Balaban J connectivity index is 1.66. The van der Waals surface area contributed by atoms with E-state index in [0.717, 1.165) is 36.8 Å². The van der Waals surface area contributed by atoms with Gasteiger partial charge in [-0.2, -0.15) is 0 Å². The van der Waals surface area contributed by atoms with Crippen molar-refractivity contribution in [3.63, 3.8) is 0 Å². The standard InChI is InChI=1S/C20H16ClN3O4/c21-11-5-8-18(24(27)28)16(9-11)20(26)22-12-6-7-14-13-3-1-2-4-15(13)19(25)23-17(14)10-12/h5-10,14H,1-4H2,(H,23,25). The van der Waals surface area contributed by atoms with Crippen molar-refractivity contribution in [1.29, 1.82) is 0 Å². The molecule has 1 unspecified atom stereocenters. The maximum Gasteiger partial charge on any atom is 0.284 e. The third kappa shape index (κ3) is 3.29. The first-order chi connectivity index (χ1) is 13.4. The molecule has 0 aromatic heterocycles. The van der Waals surface area contributed by atoms with Crippen LogP contribution in [0.3, 0.4) is 0 Å². The third-order valence-corrected chi connectivity index (χ3v) is 5.37. The first kappa shape index (κ1) is 18.3.